The lowest BCUT2D eigenvalue weighted by atomic mass is 9.98. The molecule has 0 saturated heterocycles. The van der Waals surface area contributed by atoms with Crippen LogP contribution in [0.2, 0.25) is 0 Å². The second-order valence-corrected chi connectivity index (χ2v) is 8.67. The van der Waals surface area contributed by atoms with Gasteiger partial charge < -0.3 is 4.90 Å². The Labute approximate surface area is 175 Å². The summed E-state index contributed by atoms with van der Waals surface area (Å²) in [7, 11) is 1.81. The minimum atomic E-state index is -1.15. The van der Waals surface area contributed by atoms with Gasteiger partial charge in [0.15, 0.2) is 0 Å². The maximum Gasteiger partial charge on any atom is 0.254 e. The highest BCUT2D eigenvalue weighted by molar-refractivity contribution is 5.99. The van der Waals surface area contributed by atoms with E-state index in [0.29, 0.717) is 25.9 Å². The highest BCUT2D eigenvalue weighted by Gasteiger charge is 2.34. The summed E-state index contributed by atoms with van der Waals surface area (Å²) in [6.07, 6.45) is 6.79. The summed E-state index contributed by atoms with van der Waals surface area (Å²) in [5.74, 6) is 0.0404. The van der Waals surface area contributed by atoms with Gasteiger partial charge in [0.2, 0.25) is 0 Å². The number of fused-ring (bicyclic) bond motifs is 1. The Morgan fingerprint density at radius 3 is 2.70 bits per heavy atom. The van der Waals surface area contributed by atoms with Gasteiger partial charge in [0, 0.05) is 47.7 Å². The molecule has 1 amide bonds. The maximum atomic E-state index is 14.9. The van der Waals surface area contributed by atoms with Crippen molar-refractivity contribution in [2.45, 2.75) is 51.4 Å². The van der Waals surface area contributed by atoms with E-state index in [1.165, 1.54) is 0 Å². The van der Waals surface area contributed by atoms with Gasteiger partial charge in [-0.05, 0) is 37.5 Å². The molecular weight excluding hydrogens is 379 g/mol. The lowest BCUT2D eigenvalue weighted by molar-refractivity contribution is 0.0816. The van der Waals surface area contributed by atoms with E-state index in [1.807, 2.05) is 50.5 Å². The summed E-state index contributed by atoms with van der Waals surface area (Å²) < 4.78 is 16.6. The van der Waals surface area contributed by atoms with Gasteiger partial charge >= 0.3 is 0 Å². The standard InChI is InChI=1S/C24H25FN4O/c1-16-5-8-20(19-12-26-29(14-19)15-24(25)9-3-4-10-24)22(27-16)17-6-7-18-13-28(2)23(30)21(18)11-17/h5-8,11-12,14H,3-4,9-10,13,15H2,1-2H3. The van der Waals surface area contributed by atoms with Crippen LogP contribution in [0.15, 0.2) is 42.7 Å². The molecule has 1 aromatic carbocycles. The molecule has 30 heavy (non-hydrogen) atoms. The van der Waals surface area contributed by atoms with Crippen LogP contribution in [0.1, 0.15) is 47.3 Å². The van der Waals surface area contributed by atoms with Gasteiger partial charge in [-0.15, -0.1) is 0 Å². The smallest absolute Gasteiger partial charge is 0.254 e. The van der Waals surface area contributed by atoms with Crippen LogP contribution in [0.5, 0.6) is 0 Å². The van der Waals surface area contributed by atoms with Crippen molar-refractivity contribution in [3.63, 3.8) is 0 Å². The third kappa shape index (κ3) is 3.30. The van der Waals surface area contributed by atoms with E-state index >= 15 is 0 Å². The van der Waals surface area contributed by atoms with E-state index in [2.05, 4.69) is 5.10 Å². The van der Waals surface area contributed by atoms with Crippen molar-refractivity contribution in [3.8, 4) is 22.4 Å². The van der Waals surface area contributed by atoms with Crippen molar-refractivity contribution in [1.82, 2.24) is 19.7 Å². The first-order valence-electron chi connectivity index (χ1n) is 10.5. The highest BCUT2D eigenvalue weighted by atomic mass is 19.1. The number of nitrogens with zero attached hydrogens (tertiary/aromatic N) is 4. The van der Waals surface area contributed by atoms with Crippen LogP contribution in [0.3, 0.4) is 0 Å². The van der Waals surface area contributed by atoms with E-state index < -0.39 is 5.67 Å². The van der Waals surface area contributed by atoms with Crippen LogP contribution < -0.4 is 0 Å². The molecule has 0 atom stereocenters. The first-order valence-corrected chi connectivity index (χ1v) is 10.5. The number of hydrogen-bond acceptors (Lipinski definition) is 3. The van der Waals surface area contributed by atoms with Gasteiger partial charge in [0.1, 0.15) is 5.67 Å². The number of hydrogen-bond donors (Lipinski definition) is 0. The average molecular weight is 404 g/mol. The van der Waals surface area contributed by atoms with Crippen LogP contribution in [0.4, 0.5) is 4.39 Å². The summed E-state index contributed by atoms with van der Waals surface area (Å²) in [4.78, 5) is 19.0. The molecule has 5 nitrogen and oxygen atoms in total. The number of rotatable bonds is 4. The topological polar surface area (TPSA) is 51.0 Å². The molecule has 0 bridgehead atoms. The fraction of sp³-hybridized carbons (Fsp3) is 0.375. The minimum absolute atomic E-state index is 0.0404. The molecule has 2 aliphatic rings. The second-order valence-electron chi connectivity index (χ2n) is 8.67. The van der Waals surface area contributed by atoms with Gasteiger partial charge in [0.25, 0.3) is 5.91 Å². The Morgan fingerprint density at radius 2 is 1.90 bits per heavy atom. The van der Waals surface area contributed by atoms with Crippen LogP contribution in [0.25, 0.3) is 22.4 Å². The Bertz CT molecular complexity index is 1130. The normalized spacial score (nSPS) is 17.6. The summed E-state index contributed by atoms with van der Waals surface area (Å²) >= 11 is 0. The molecule has 6 heteroatoms. The number of aryl methyl sites for hydroxylation is 1. The van der Waals surface area contributed by atoms with Gasteiger partial charge in [-0.25, -0.2) is 4.39 Å². The monoisotopic (exact) mass is 404 g/mol. The minimum Gasteiger partial charge on any atom is -0.337 e. The predicted octanol–water partition coefficient (Wildman–Crippen LogP) is 4.79. The first kappa shape index (κ1) is 19.0. The highest BCUT2D eigenvalue weighted by Crippen LogP contribution is 2.36. The Morgan fingerprint density at radius 1 is 1.10 bits per heavy atom. The van der Waals surface area contributed by atoms with Gasteiger partial charge in [-0.2, -0.15) is 5.10 Å². The second kappa shape index (κ2) is 7.04. The maximum absolute atomic E-state index is 14.9. The lowest BCUT2D eigenvalue weighted by Gasteiger charge is -2.18. The molecular formula is C24H25FN4O. The van der Waals surface area contributed by atoms with Crippen molar-refractivity contribution in [3.05, 3.63) is 59.5 Å². The predicted molar refractivity (Wildman–Crippen MR) is 114 cm³/mol. The van der Waals surface area contributed by atoms with E-state index in [0.717, 1.165) is 52.0 Å². The molecule has 5 rings (SSSR count). The number of amides is 1. The molecule has 3 aromatic rings. The number of aromatic nitrogens is 3. The summed E-state index contributed by atoms with van der Waals surface area (Å²) in [5, 5.41) is 4.43. The van der Waals surface area contributed by atoms with Crippen LogP contribution in [0, 0.1) is 6.92 Å². The quantitative estimate of drug-likeness (QED) is 0.628. The number of benzene rings is 1. The van der Waals surface area contributed by atoms with Crippen molar-refractivity contribution in [2.24, 2.45) is 0 Å². The molecule has 3 heterocycles. The molecule has 1 aliphatic heterocycles. The molecule has 1 fully saturated rings. The van der Waals surface area contributed by atoms with Crippen molar-refractivity contribution in [2.75, 3.05) is 7.05 Å². The zero-order valence-corrected chi connectivity index (χ0v) is 17.4. The van der Waals surface area contributed by atoms with Gasteiger partial charge in [-0.1, -0.05) is 31.0 Å². The average Bonchev–Trinajstić information content (AvgIpc) is 3.43. The lowest BCUT2D eigenvalue weighted by Crippen LogP contribution is -2.25. The van der Waals surface area contributed by atoms with Gasteiger partial charge in [0.05, 0.1) is 18.4 Å². The van der Waals surface area contributed by atoms with E-state index in [9.17, 15) is 9.18 Å². The Balaban J connectivity index is 1.52. The molecule has 0 unspecified atom stereocenters. The number of pyridine rings is 1. The summed E-state index contributed by atoms with van der Waals surface area (Å²) in [6, 6.07) is 9.97. The Hall–Kier alpha value is -3.02. The van der Waals surface area contributed by atoms with E-state index in [1.54, 1.807) is 15.8 Å². The number of alkyl halides is 1. The molecule has 1 saturated carbocycles. The van der Waals surface area contributed by atoms with E-state index in [-0.39, 0.29) is 5.91 Å². The molecule has 0 spiro atoms. The zero-order chi connectivity index (χ0) is 20.9. The molecule has 2 aromatic heterocycles. The van der Waals surface area contributed by atoms with Crippen LogP contribution in [-0.2, 0) is 13.1 Å². The number of halogens is 1. The molecule has 154 valence electrons. The summed E-state index contributed by atoms with van der Waals surface area (Å²) in [6.45, 7) is 2.89. The number of carbonyl (C=O) groups excluding carboxylic acids is 1. The summed E-state index contributed by atoms with van der Waals surface area (Å²) in [5.41, 5.74) is 5.09. The van der Waals surface area contributed by atoms with Crippen molar-refractivity contribution >= 4 is 5.91 Å². The Kier molecular flexibility index (Phi) is 4.45. The van der Waals surface area contributed by atoms with Crippen LogP contribution in [-0.4, -0.2) is 38.3 Å². The number of carbonyl (C=O) groups is 1. The zero-order valence-electron chi connectivity index (χ0n) is 17.4. The SMILES string of the molecule is Cc1ccc(-c2cnn(CC3(F)CCCC3)c2)c(-c2ccc3c(c2)C(=O)N(C)C3)n1. The first-order chi connectivity index (χ1) is 14.4. The van der Waals surface area contributed by atoms with Gasteiger partial charge in [-0.3, -0.25) is 14.5 Å². The molecule has 0 radical (unpaired) electrons. The van der Waals surface area contributed by atoms with E-state index in [4.69, 9.17) is 4.98 Å². The fourth-order valence-electron chi connectivity index (χ4n) is 4.65. The largest absolute Gasteiger partial charge is 0.337 e. The molecule has 1 aliphatic carbocycles. The third-order valence-electron chi connectivity index (χ3n) is 6.29. The third-order valence-corrected chi connectivity index (χ3v) is 6.29. The molecule has 0 N–H and O–H groups in total. The fourth-order valence-corrected chi connectivity index (χ4v) is 4.65. The van der Waals surface area contributed by atoms with Crippen molar-refractivity contribution in [1.29, 1.82) is 0 Å². The van der Waals surface area contributed by atoms with Crippen molar-refractivity contribution < 1.29 is 9.18 Å². The van der Waals surface area contributed by atoms with Crippen LogP contribution >= 0.6 is 0 Å².